The monoisotopic (exact) mass is 639 g/mol. The van der Waals surface area contributed by atoms with Gasteiger partial charge in [-0.15, -0.1) is 0 Å². The molecule has 0 amide bonds. The Labute approximate surface area is 276 Å². The van der Waals surface area contributed by atoms with Crippen molar-refractivity contribution in [3.8, 4) is 0 Å². The molecule has 0 aromatic rings. The highest BCUT2D eigenvalue weighted by atomic mass is 16.4. The van der Waals surface area contributed by atoms with Crippen molar-refractivity contribution in [2.75, 3.05) is 26.2 Å². The number of carbonyl (C=O) groups is 3. The summed E-state index contributed by atoms with van der Waals surface area (Å²) in [5.74, 6) is -2.29. The molecule has 0 fully saturated rings. The van der Waals surface area contributed by atoms with Gasteiger partial charge in [0.25, 0.3) is 0 Å². The lowest BCUT2D eigenvalue weighted by molar-refractivity contribution is -0.929. The molecule has 0 heterocycles. The molecule has 0 aromatic heterocycles. The van der Waals surface area contributed by atoms with Gasteiger partial charge in [0.05, 0.1) is 26.2 Å². The smallest absolute Gasteiger partial charge is 0.303 e. The summed E-state index contributed by atoms with van der Waals surface area (Å²) in [7, 11) is 0. The number of carboxylic acids is 3. The molecule has 0 atom stereocenters. The molecule has 0 unspecified atom stereocenters. The third-order valence-corrected chi connectivity index (χ3v) is 9.22. The Bertz CT molecular complexity index is 683. The van der Waals surface area contributed by atoms with Crippen LogP contribution in [-0.4, -0.2) is 63.9 Å². The van der Waals surface area contributed by atoms with E-state index in [9.17, 15) is 14.4 Å². The summed E-state index contributed by atoms with van der Waals surface area (Å²) in [5.41, 5.74) is 0. The minimum absolute atomic E-state index is 0.176. The molecule has 0 bridgehead atoms. The van der Waals surface area contributed by atoms with Crippen LogP contribution in [0.15, 0.2) is 12.2 Å². The van der Waals surface area contributed by atoms with E-state index in [4.69, 9.17) is 15.3 Å². The van der Waals surface area contributed by atoms with E-state index in [1.54, 1.807) is 0 Å². The van der Waals surface area contributed by atoms with Gasteiger partial charge in [-0.2, -0.15) is 0 Å². The first kappa shape index (κ1) is 43.1. The van der Waals surface area contributed by atoms with Crippen molar-refractivity contribution in [3.63, 3.8) is 0 Å². The summed E-state index contributed by atoms with van der Waals surface area (Å²) in [6, 6.07) is 0. The van der Waals surface area contributed by atoms with Crippen LogP contribution >= 0.6 is 0 Å². The maximum absolute atomic E-state index is 11.0. The van der Waals surface area contributed by atoms with Crippen LogP contribution in [0.3, 0.4) is 0 Å². The number of rotatable bonds is 36. The molecule has 0 aliphatic rings. The molecule has 7 nitrogen and oxygen atoms in total. The van der Waals surface area contributed by atoms with Gasteiger partial charge < -0.3 is 19.8 Å². The van der Waals surface area contributed by atoms with Crippen LogP contribution in [0.25, 0.3) is 0 Å². The first-order valence-electron chi connectivity index (χ1n) is 19.0. The third-order valence-electron chi connectivity index (χ3n) is 9.22. The van der Waals surface area contributed by atoms with Crippen molar-refractivity contribution >= 4 is 17.9 Å². The van der Waals surface area contributed by atoms with Crippen LogP contribution < -0.4 is 0 Å². The van der Waals surface area contributed by atoms with E-state index in [1.807, 2.05) is 0 Å². The molecule has 0 rings (SSSR count). The van der Waals surface area contributed by atoms with E-state index in [0.717, 1.165) is 62.8 Å². The number of carboxylic acid groups (broad SMARTS) is 3. The largest absolute Gasteiger partial charge is 0.481 e. The Balaban J connectivity index is 4.16. The quantitative estimate of drug-likeness (QED) is 0.0358. The van der Waals surface area contributed by atoms with E-state index in [-0.39, 0.29) is 19.3 Å². The third kappa shape index (κ3) is 31.9. The Morgan fingerprint density at radius 2 is 0.667 bits per heavy atom. The van der Waals surface area contributed by atoms with Gasteiger partial charge in [0.1, 0.15) is 0 Å². The molecule has 0 radical (unpaired) electrons. The van der Waals surface area contributed by atoms with Crippen LogP contribution in [0.4, 0.5) is 0 Å². The number of quaternary nitrogens is 1. The maximum atomic E-state index is 11.0. The van der Waals surface area contributed by atoms with E-state index >= 15 is 0 Å². The van der Waals surface area contributed by atoms with Crippen LogP contribution in [0.1, 0.15) is 187 Å². The molecule has 3 N–H and O–H groups in total. The van der Waals surface area contributed by atoms with Crippen molar-refractivity contribution in [1.82, 2.24) is 0 Å². The highest BCUT2D eigenvalue weighted by molar-refractivity contribution is 5.67. The molecule has 0 aromatic carbocycles. The maximum Gasteiger partial charge on any atom is 0.303 e. The molecule has 0 saturated carbocycles. The average Bonchev–Trinajstić information content (AvgIpc) is 3.00. The SMILES string of the molecule is CC/C=C/CCCCCCCCCCCCCCCCCCC[N+](CCCCC(=O)O)(CCCCC(=O)O)CCCCC(=O)O. The fraction of sp³-hybridized carbons (Fsp3) is 0.868. The van der Waals surface area contributed by atoms with Crippen LogP contribution in [0.5, 0.6) is 0 Å². The number of unbranched alkanes of at least 4 members (excludes halogenated alkanes) is 20. The first-order chi connectivity index (χ1) is 21.8. The number of nitrogens with zero attached hydrogens (tertiary/aromatic N) is 1. The zero-order chi connectivity index (χ0) is 33.3. The van der Waals surface area contributed by atoms with Crippen molar-refractivity contribution in [2.24, 2.45) is 0 Å². The van der Waals surface area contributed by atoms with Crippen molar-refractivity contribution < 1.29 is 34.2 Å². The molecule has 7 heteroatoms. The zero-order valence-corrected chi connectivity index (χ0v) is 29.3. The standard InChI is InChI=1S/C38H71NO6/c1-2-3-4-5-6-7-8-9-10-11-12-13-14-15-16-17-18-19-20-21-25-32-39(33-26-22-29-36(40)41,34-27-23-30-37(42)43)35-28-24-31-38(44)45/h3-4H,2,5-35H2,1H3,(H2-,40,41,42,43,44,45)/p+1/b4-3+. The van der Waals surface area contributed by atoms with Gasteiger partial charge in [-0.25, -0.2) is 0 Å². The minimum atomic E-state index is -0.765. The predicted octanol–water partition coefficient (Wildman–Crippen LogP) is 10.6. The number of aliphatic carboxylic acids is 3. The van der Waals surface area contributed by atoms with Crippen molar-refractivity contribution in [1.29, 1.82) is 0 Å². The molecule has 0 aliphatic heterocycles. The average molecular weight is 639 g/mol. The minimum Gasteiger partial charge on any atom is -0.481 e. The number of hydrogen-bond donors (Lipinski definition) is 3. The van der Waals surface area contributed by atoms with E-state index in [1.165, 1.54) is 109 Å². The second-order valence-corrected chi connectivity index (χ2v) is 13.5. The summed E-state index contributed by atoms with van der Waals surface area (Å²) in [4.78, 5) is 33.1. The molecule has 0 saturated heterocycles. The van der Waals surface area contributed by atoms with E-state index in [0.29, 0.717) is 19.3 Å². The number of hydrogen-bond acceptors (Lipinski definition) is 3. The summed E-state index contributed by atoms with van der Waals surface area (Å²) in [6.45, 7) is 5.89. The van der Waals surface area contributed by atoms with Gasteiger partial charge in [-0.05, 0) is 70.6 Å². The fourth-order valence-corrected chi connectivity index (χ4v) is 6.49. The number of allylic oxidation sites excluding steroid dienone is 2. The molecule has 45 heavy (non-hydrogen) atoms. The van der Waals surface area contributed by atoms with Crippen LogP contribution in [0, 0.1) is 0 Å². The van der Waals surface area contributed by atoms with Gasteiger partial charge in [0.15, 0.2) is 0 Å². The van der Waals surface area contributed by atoms with Crippen LogP contribution in [-0.2, 0) is 14.4 Å². The molecular formula is C38H72NO6+. The lowest BCUT2D eigenvalue weighted by Gasteiger charge is -2.39. The second kappa shape index (κ2) is 32.1. The zero-order valence-electron chi connectivity index (χ0n) is 29.3. The van der Waals surface area contributed by atoms with Crippen molar-refractivity contribution in [2.45, 2.75) is 187 Å². The summed E-state index contributed by atoms with van der Waals surface area (Å²) in [5, 5.41) is 27.2. The Kier molecular flexibility index (Phi) is 30.7. The second-order valence-electron chi connectivity index (χ2n) is 13.5. The summed E-state index contributed by atoms with van der Waals surface area (Å²) < 4.78 is 0.871. The highest BCUT2D eigenvalue weighted by Crippen LogP contribution is 2.20. The molecule has 0 spiro atoms. The molecule has 264 valence electrons. The lowest BCUT2D eigenvalue weighted by Crippen LogP contribution is -2.51. The summed E-state index contributed by atoms with van der Waals surface area (Å²) in [6.07, 6.45) is 34.8. The van der Waals surface area contributed by atoms with Crippen LogP contribution in [0.2, 0.25) is 0 Å². The molecular weight excluding hydrogens is 566 g/mol. The summed E-state index contributed by atoms with van der Waals surface area (Å²) >= 11 is 0. The Morgan fingerprint density at radius 3 is 0.956 bits per heavy atom. The van der Waals surface area contributed by atoms with E-state index in [2.05, 4.69) is 19.1 Å². The lowest BCUT2D eigenvalue weighted by atomic mass is 10.0. The Hall–Kier alpha value is -1.89. The topological polar surface area (TPSA) is 112 Å². The Morgan fingerprint density at radius 1 is 0.400 bits per heavy atom. The van der Waals surface area contributed by atoms with Crippen molar-refractivity contribution in [3.05, 3.63) is 12.2 Å². The van der Waals surface area contributed by atoms with Gasteiger partial charge in [-0.1, -0.05) is 109 Å². The van der Waals surface area contributed by atoms with E-state index < -0.39 is 17.9 Å². The van der Waals surface area contributed by atoms with Gasteiger partial charge >= 0.3 is 17.9 Å². The van der Waals surface area contributed by atoms with Gasteiger partial charge in [-0.3, -0.25) is 14.4 Å². The normalized spacial score (nSPS) is 11.8. The fourth-order valence-electron chi connectivity index (χ4n) is 6.49. The van der Waals surface area contributed by atoms with Gasteiger partial charge in [0, 0.05) is 19.3 Å². The predicted molar refractivity (Wildman–Crippen MR) is 187 cm³/mol. The molecule has 0 aliphatic carbocycles. The van der Waals surface area contributed by atoms with Gasteiger partial charge in [0.2, 0.25) is 0 Å². The first-order valence-corrected chi connectivity index (χ1v) is 19.0. The highest BCUT2D eigenvalue weighted by Gasteiger charge is 2.26.